The summed E-state index contributed by atoms with van der Waals surface area (Å²) in [5, 5.41) is 4.10. The van der Waals surface area contributed by atoms with Crippen LogP contribution < -0.4 is 5.32 Å². The number of anilines is 1. The highest BCUT2D eigenvalue weighted by atomic mass is 35.5. The van der Waals surface area contributed by atoms with E-state index in [1.807, 2.05) is 6.07 Å². The minimum atomic E-state index is 0.152. The molecule has 4 rings (SSSR count). The predicted octanol–water partition coefficient (Wildman–Crippen LogP) is 3.80. The molecule has 1 saturated heterocycles. The molecule has 22 heavy (non-hydrogen) atoms. The molecule has 4 nitrogen and oxygen atoms in total. The molecule has 1 aliphatic heterocycles. The van der Waals surface area contributed by atoms with Gasteiger partial charge in [0.1, 0.15) is 16.8 Å². The van der Waals surface area contributed by atoms with Crippen LogP contribution in [-0.2, 0) is 10.2 Å². The zero-order valence-electron chi connectivity index (χ0n) is 13.2. The van der Waals surface area contributed by atoms with Gasteiger partial charge in [0.2, 0.25) is 0 Å². The number of rotatable bonds is 5. The van der Waals surface area contributed by atoms with Crippen LogP contribution in [0.15, 0.2) is 6.07 Å². The summed E-state index contributed by atoms with van der Waals surface area (Å²) in [7, 11) is 0. The smallest absolute Gasteiger partial charge is 0.138 e. The lowest BCUT2D eigenvalue weighted by Gasteiger charge is -2.30. The molecule has 120 valence electrons. The van der Waals surface area contributed by atoms with Crippen molar-refractivity contribution in [3.05, 3.63) is 17.0 Å². The topological polar surface area (TPSA) is 47.0 Å². The van der Waals surface area contributed by atoms with Crippen molar-refractivity contribution in [1.82, 2.24) is 9.97 Å². The highest BCUT2D eigenvalue weighted by Gasteiger charge is 2.49. The maximum Gasteiger partial charge on any atom is 0.138 e. The number of hydrogen-bond donors (Lipinski definition) is 1. The van der Waals surface area contributed by atoms with Crippen LogP contribution in [0.5, 0.6) is 0 Å². The fraction of sp³-hybridized carbons (Fsp3) is 0.765. The third-order valence-electron chi connectivity index (χ3n) is 5.84. The van der Waals surface area contributed by atoms with Crippen LogP contribution in [0.1, 0.15) is 51.3 Å². The van der Waals surface area contributed by atoms with Crippen molar-refractivity contribution < 1.29 is 4.74 Å². The molecule has 1 N–H and O–H groups in total. The molecule has 0 atom stereocenters. The van der Waals surface area contributed by atoms with Crippen molar-refractivity contribution in [2.45, 2.75) is 50.9 Å². The van der Waals surface area contributed by atoms with Gasteiger partial charge in [0.15, 0.2) is 0 Å². The molecule has 2 saturated carbocycles. The minimum Gasteiger partial charge on any atom is -0.381 e. The van der Waals surface area contributed by atoms with Gasteiger partial charge in [-0.2, -0.15) is 0 Å². The summed E-state index contributed by atoms with van der Waals surface area (Å²) in [4.78, 5) is 9.13. The van der Waals surface area contributed by atoms with Gasteiger partial charge in [-0.25, -0.2) is 9.97 Å². The van der Waals surface area contributed by atoms with Crippen molar-refractivity contribution in [3.8, 4) is 0 Å². The SMILES string of the molecule is CC1(c2nc(Cl)cc(NCC3(C4CCOCC4)CC3)n2)CC1. The Kier molecular flexibility index (Phi) is 3.57. The Hall–Kier alpha value is -0.870. The van der Waals surface area contributed by atoms with Crippen LogP contribution in [-0.4, -0.2) is 29.7 Å². The van der Waals surface area contributed by atoms with E-state index in [1.165, 1.54) is 38.5 Å². The van der Waals surface area contributed by atoms with Gasteiger partial charge < -0.3 is 10.1 Å². The van der Waals surface area contributed by atoms with E-state index in [9.17, 15) is 0 Å². The molecule has 0 amide bonds. The molecule has 0 spiro atoms. The van der Waals surface area contributed by atoms with Crippen LogP contribution in [0.2, 0.25) is 5.15 Å². The van der Waals surface area contributed by atoms with E-state index in [4.69, 9.17) is 21.3 Å². The van der Waals surface area contributed by atoms with Crippen LogP contribution in [0.25, 0.3) is 0 Å². The Morgan fingerprint density at radius 1 is 1.23 bits per heavy atom. The van der Waals surface area contributed by atoms with Crippen molar-refractivity contribution in [2.75, 3.05) is 25.1 Å². The lowest BCUT2D eigenvalue weighted by Crippen LogP contribution is -2.30. The van der Waals surface area contributed by atoms with Gasteiger partial charge in [0, 0.05) is 31.2 Å². The molecule has 0 aromatic carbocycles. The van der Waals surface area contributed by atoms with E-state index >= 15 is 0 Å². The van der Waals surface area contributed by atoms with Crippen LogP contribution in [0.3, 0.4) is 0 Å². The molecular formula is C17H24ClN3O. The first-order valence-electron chi connectivity index (χ1n) is 8.46. The zero-order chi connectivity index (χ0) is 15.2. The van der Waals surface area contributed by atoms with Crippen LogP contribution in [0, 0.1) is 11.3 Å². The third kappa shape index (κ3) is 2.83. The lowest BCUT2D eigenvalue weighted by molar-refractivity contribution is 0.0433. The highest BCUT2D eigenvalue weighted by Crippen LogP contribution is 2.55. The molecule has 3 aliphatic rings. The van der Waals surface area contributed by atoms with E-state index < -0.39 is 0 Å². The Bertz CT molecular complexity index is 563. The van der Waals surface area contributed by atoms with Gasteiger partial charge >= 0.3 is 0 Å². The number of hydrogen-bond acceptors (Lipinski definition) is 4. The highest BCUT2D eigenvalue weighted by molar-refractivity contribution is 6.29. The quantitative estimate of drug-likeness (QED) is 0.838. The number of nitrogens with zero attached hydrogens (tertiary/aromatic N) is 2. The van der Waals surface area contributed by atoms with Crippen molar-refractivity contribution in [1.29, 1.82) is 0 Å². The summed E-state index contributed by atoms with van der Waals surface area (Å²) in [6.45, 7) is 5.07. The van der Waals surface area contributed by atoms with E-state index in [-0.39, 0.29) is 5.41 Å². The molecule has 3 fully saturated rings. The summed E-state index contributed by atoms with van der Waals surface area (Å²) in [6, 6.07) is 1.86. The van der Waals surface area contributed by atoms with Gasteiger partial charge in [-0.05, 0) is 49.9 Å². The van der Waals surface area contributed by atoms with E-state index in [1.54, 1.807) is 0 Å². The standard InChI is InChI=1S/C17H24ClN3O/c1-16(4-5-16)15-20-13(18)10-14(21-15)19-11-17(6-7-17)12-2-8-22-9-3-12/h10,12H,2-9,11H2,1H3,(H,19,20,21). The number of aromatic nitrogens is 2. The first-order chi connectivity index (χ1) is 10.6. The molecule has 1 aromatic heterocycles. The van der Waals surface area contributed by atoms with E-state index in [2.05, 4.69) is 17.2 Å². The lowest BCUT2D eigenvalue weighted by atomic mass is 9.83. The average molecular weight is 322 g/mol. The summed E-state index contributed by atoms with van der Waals surface area (Å²) < 4.78 is 5.50. The second-order valence-corrected chi connectivity index (χ2v) is 7.95. The normalized spacial score (nSPS) is 25.7. The monoisotopic (exact) mass is 321 g/mol. The predicted molar refractivity (Wildman–Crippen MR) is 87.3 cm³/mol. The summed E-state index contributed by atoms with van der Waals surface area (Å²) in [6.07, 6.45) is 7.39. The second kappa shape index (κ2) is 5.34. The fourth-order valence-electron chi connectivity index (χ4n) is 3.66. The zero-order valence-corrected chi connectivity index (χ0v) is 14.0. The first-order valence-corrected chi connectivity index (χ1v) is 8.84. The maximum atomic E-state index is 6.19. The largest absolute Gasteiger partial charge is 0.381 e. The molecule has 5 heteroatoms. The molecule has 0 unspecified atom stereocenters. The molecule has 1 aromatic rings. The summed E-state index contributed by atoms with van der Waals surface area (Å²) in [5.74, 6) is 2.59. The van der Waals surface area contributed by atoms with Gasteiger partial charge in [-0.15, -0.1) is 0 Å². The maximum absolute atomic E-state index is 6.19. The summed E-state index contributed by atoms with van der Waals surface area (Å²) >= 11 is 6.19. The van der Waals surface area contributed by atoms with Gasteiger partial charge in [0.05, 0.1) is 0 Å². The van der Waals surface area contributed by atoms with Gasteiger partial charge in [0.25, 0.3) is 0 Å². The molecule has 0 radical (unpaired) electrons. The average Bonchev–Trinajstić information content (AvgIpc) is 3.43. The Labute approximate surface area is 137 Å². The fourth-order valence-corrected chi connectivity index (χ4v) is 3.84. The Balaban J connectivity index is 1.44. The molecule has 2 aliphatic carbocycles. The first kappa shape index (κ1) is 14.7. The van der Waals surface area contributed by atoms with Crippen molar-refractivity contribution in [3.63, 3.8) is 0 Å². The third-order valence-corrected chi connectivity index (χ3v) is 6.03. The second-order valence-electron chi connectivity index (χ2n) is 7.56. The number of nitrogens with one attached hydrogen (secondary N) is 1. The Morgan fingerprint density at radius 3 is 2.59 bits per heavy atom. The Morgan fingerprint density at radius 2 is 1.95 bits per heavy atom. The van der Waals surface area contributed by atoms with Gasteiger partial charge in [-0.3, -0.25) is 0 Å². The van der Waals surface area contributed by atoms with E-state index in [0.717, 1.165) is 37.3 Å². The number of ether oxygens (including phenoxy) is 1. The van der Waals surface area contributed by atoms with Crippen molar-refractivity contribution >= 4 is 17.4 Å². The molecule has 2 heterocycles. The van der Waals surface area contributed by atoms with E-state index in [0.29, 0.717) is 10.6 Å². The molecular weight excluding hydrogens is 298 g/mol. The van der Waals surface area contributed by atoms with Gasteiger partial charge in [-0.1, -0.05) is 18.5 Å². The number of halogens is 1. The minimum absolute atomic E-state index is 0.152. The van der Waals surface area contributed by atoms with Crippen LogP contribution in [0.4, 0.5) is 5.82 Å². The molecule has 0 bridgehead atoms. The van der Waals surface area contributed by atoms with Crippen LogP contribution >= 0.6 is 11.6 Å². The van der Waals surface area contributed by atoms with Crippen molar-refractivity contribution in [2.24, 2.45) is 11.3 Å². The summed E-state index contributed by atoms with van der Waals surface area (Å²) in [5.41, 5.74) is 0.615.